The Balaban J connectivity index is 2.34. The highest BCUT2D eigenvalue weighted by atomic mass is 79.9. The van der Waals surface area contributed by atoms with Crippen molar-refractivity contribution in [1.82, 2.24) is 0 Å². The summed E-state index contributed by atoms with van der Waals surface area (Å²) in [5.74, 6) is 0. The molecule has 88 valence electrons. The Morgan fingerprint density at radius 3 is 2.41 bits per heavy atom. The fraction of sp³-hybridized carbons (Fsp3) is 0.143. The average molecular weight is 291 g/mol. The van der Waals surface area contributed by atoms with Crippen molar-refractivity contribution in [1.29, 1.82) is 0 Å². The van der Waals surface area contributed by atoms with Gasteiger partial charge < -0.3 is 11.1 Å². The monoisotopic (exact) mass is 290 g/mol. The number of rotatable bonds is 2. The second kappa shape index (κ2) is 4.80. The van der Waals surface area contributed by atoms with E-state index in [0.717, 1.165) is 27.1 Å². The number of nitrogens with one attached hydrogen (secondary N) is 1. The molecule has 0 unspecified atom stereocenters. The van der Waals surface area contributed by atoms with Crippen LogP contribution in [0.2, 0.25) is 0 Å². The number of halogens is 1. The molecule has 2 aromatic rings. The molecule has 0 fully saturated rings. The first kappa shape index (κ1) is 12.0. The molecule has 0 aliphatic heterocycles. The molecule has 0 aliphatic carbocycles. The summed E-state index contributed by atoms with van der Waals surface area (Å²) in [6.45, 7) is 4.13. The van der Waals surface area contributed by atoms with E-state index >= 15 is 0 Å². The van der Waals surface area contributed by atoms with E-state index in [0.29, 0.717) is 0 Å². The van der Waals surface area contributed by atoms with E-state index in [1.807, 2.05) is 31.2 Å². The van der Waals surface area contributed by atoms with Gasteiger partial charge in [0, 0.05) is 21.5 Å². The minimum Gasteiger partial charge on any atom is -0.399 e. The Hall–Kier alpha value is -1.48. The first-order valence-corrected chi connectivity index (χ1v) is 6.25. The predicted octanol–water partition coefficient (Wildman–Crippen LogP) is 4.39. The summed E-state index contributed by atoms with van der Waals surface area (Å²) in [5, 5.41) is 3.42. The van der Waals surface area contributed by atoms with Crippen LogP contribution in [0.5, 0.6) is 0 Å². The standard InChI is InChI=1S/C14H15BrN2/c1-9-3-4-11(15)8-14(9)17-13-6-5-12(16)7-10(13)2/h3-8,17H,16H2,1-2H3. The van der Waals surface area contributed by atoms with Gasteiger partial charge in [-0.05, 0) is 55.3 Å². The molecule has 0 saturated heterocycles. The van der Waals surface area contributed by atoms with Crippen molar-refractivity contribution in [3.8, 4) is 0 Å². The summed E-state index contributed by atoms with van der Waals surface area (Å²) in [5.41, 5.74) is 11.1. The highest BCUT2D eigenvalue weighted by Crippen LogP contribution is 2.27. The van der Waals surface area contributed by atoms with Crippen LogP contribution in [0.3, 0.4) is 0 Å². The quantitative estimate of drug-likeness (QED) is 0.805. The van der Waals surface area contributed by atoms with Crippen LogP contribution in [0.4, 0.5) is 17.1 Å². The van der Waals surface area contributed by atoms with Gasteiger partial charge >= 0.3 is 0 Å². The molecular formula is C14H15BrN2. The summed E-state index contributed by atoms with van der Waals surface area (Å²) in [6, 6.07) is 12.1. The van der Waals surface area contributed by atoms with Gasteiger partial charge in [-0.2, -0.15) is 0 Å². The lowest BCUT2D eigenvalue weighted by molar-refractivity contribution is 1.39. The van der Waals surface area contributed by atoms with Crippen LogP contribution in [0.25, 0.3) is 0 Å². The molecule has 0 saturated carbocycles. The fourth-order valence-corrected chi connectivity index (χ4v) is 2.06. The second-order valence-corrected chi connectivity index (χ2v) is 5.07. The number of nitrogen functional groups attached to an aromatic ring is 1. The lowest BCUT2D eigenvalue weighted by Crippen LogP contribution is -1.96. The van der Waals surface area contributed by atoms with Gasteiger partial charge in [-0.3, -0.25) is 0 Å². The predicted molar refractivity (Wildman–Crippen MR) is 77.8 cm³/mol. The number of nitrogens with two attached hydrogens (primary N) is 1. The maximum Gasteiger partial charge on any atom is 0.0425 e. The highest BCUT2D eigenvalue weighted by Gasteiger charge is 2.02. The average Bonchev–Trinajstić information content (AvgIpc) is 2.27. The third-order valence-corrected chi connectivity index (χ3v) is 3.21. The van der Waals surface area contributed by atoms with Gasteiger partial charge in [0.05, 0.1) is 0 Å². The lowest BCUT2D eigenvalue weighted by Gasteiger charge is -2.12. The van der Waals surface area contributed by atoms with Crippen LogP contribution in [-0.4, -0.2) is 0 Å². The van der Waals surface area contributed by atoms with Crippen molar-refractivity contribution in [2.45, 2.75) is 13.8 Å². The highest BCUT2D eigenvalue weighted by molar-refractivity contribution is 9.10. The van der Waals surface area contributed by atoms with Gasteiger partial charge in [-0.25, -0.2) is 0 Å². The number of anilines is 3. The Morgan fingerprint density at radius 1 is 0.941 bits per heavy atom. The van der Waals surface area contributed by atoms with Crippen molar-refractivity contribution in [3.63, 3.8) is 0 Å². The molecule has 0 aliphatic rings. The number of benzene rings is 2. The molecule has 2 nitrogen and oxygen atoms in total. The van der Waals surface area contributed by atoms with Gasteiger partial charge in [0.25, 0.3) is 0 Å². The van der Waals surface area contributed by atoms with Crippen LogP contribution in [0, 0.1) is 13.8 Å². The van der Waals surface area contributed by atoms with Crippen molar-refractivity contribution in [3.05, 3.63) is 52.0 Å². The summed E-state index contributed by atoms with van der Waals surface area (Å²) < 4.78 is 1.07. The molecule has 2 aromatic carbocycles. The fourth-order valence-electron chi connectivity index (χ4n) is 1.70. The van der Waals surface area contributed by atoms with Crippen LogP contribution in [0.1, 0.15) is 11.1 Å². The van der Waals surface area contributed by atoms with Crippen molar-refractivity contribution in [2.75, 3.05) is 11.1 Å². The molecule has 17 heavy (non-hydrogen) atoms. The minimum atomic E-state index is 0.791. The molecule has 0 spiro atoms. The molecule has 0 bridgehead atoms. The van der Waals surface area contributed by atoms with Crippen LogP contribution in [-0.2, 0) is 0 Å². The maximum absolute atomic E-state index is 5.74. The zero-order valence-corrected chi connectivity index (χ0v) is 11.5. The topological polar surface area (TPSA) is 38.0 Å². The van der Waals surface area contributed by atoms with E-state index in [-0.39, 0.29) is 0 Å². The van der Waals surface area contributed by atoms with E-state index in [1.54, 1.807) is 0 Å². The largest absolute Gasteiger partial charge is 0.399 e. The molecular weight excluding hydrogens is 276 g/mol. The Morgan fingerprint density at radius 2 is 1.71 bits per heavy atom. The zero-order chi connectivity index (χ0) is 12.4. The van der Waals surface area contributed by atoms with Crippen LogP contribution < -0.4 is 11.1 Å². The van der Waals surface area contributed by atoms with Crippen molar-refractivity contribution < 1.29 is 0 Å². The van der Waals surface area contributed by atoms with Gasteiger partial charge in [0.1, 0.15) is 0 Å². The molecule has 0 heterocycles. The van der Waals surface area contributed by atoms with E-state index in [4.69, 9.17) is 5.73 Å². The van der Waals surface area contributed by atoms with Gasteiger partial charge in [0.2, 0.25) is 0 Å². The maximum atomic E-state index is 5.74. The number of hydrogen-bond donors (Lipinski definition) is 2. The SMILES string of the molecule is Cc1cc(N)ccc1Nc1cc(Br)ccc1C. The van der Waals surface area contributed by atoms with E-state index in [9.17, 15) is 0 Å². The molecule has 0 radical (unpaired) electrons. The first-order chi connectivity index (χ1) is 8.06. The van der Waals surface area contributed by atoms with E-state index in [2.05, 4.69) is 40.3 Å². The molecule has 0 aromatic heterocycles. The lowest BCUT2D eigenvalue weighted by atomic mass is 10.1. The smallest absolute Gasteiger partial charge is 0.0425 e. The molecule has 3 N–H and O–H groups in total. The van der Waals surface area contributed by atoms with E-state index in [1.165, 1.54) is 5.56 Å². The third kappa shape index (κ3) is 2.80. The number of aryl methyl sites for hydroxylation is 2. The van der Waals surface area contributed by atoms with Crippen LogP contribution in [0.15, 0.2) is 40.9 Å². The normalized spacial score (nSPS) is 10.3. The Bertz CT molecular complexity index is 550. The van der Waals surface area contributed by atoms with Crippen LogP contribution >= 0.6 is 15.9 Å². The molecule has 2 rings (SSSR count). The Labute approximate surface area is 110 Å². The summed E-state index contributed by atoms with van der Waals surface area (Å²) in [4.78, 5) is 0. The summed E-state index contributed by atoms with van der Waals surface area (Å²) >= 11 is 3.48. The first-order valence-electron chi connectivity index (χ1n) is 5.45. The van der Waals surface area contributed by atoms with Gasteiger partial charge in [-0.15, -0.1) is 0 Å². The second-order valence-electron chi connectivity index (χ2n) is 4.16. The van der Waals surface area contributed by atoms with Crippen molar-refractivity contribution in [2.24, 2.45) is 0 Å². The van der Waals surface area contributed by atoms with Gasteiger partial charge in [0.15, 0.2) is 0 Å². The van der Waals surface area contributed by atoms with Crippen molar-refractivity contribution >= 4 is 33.0 Å². The molecule has 3 heteroatoms. The Kier molecular flexibility index (Phi) is 3.38. The zero-order valence-electron chi connectivity index (χ0n) is 9.92. The molecule has 0 atom stereocenters. The third-order valence-electron chi connectivity index (χ3n) is 2.72. The molecule has 0 amide bonds. The van der Waals surface area contributed by atoms with E-state index < -0.39 is 0 Å². The minimum absolute atomic E-state index is 0.791. The van der Waals surface area contributed by atoms with Gasteiger partial charge in [-0.1, -0.05) is 22.0 Å². The number of hydrogen-bond acceptors (Lipinski definition) is 2. The summed E-state index contributed by atoms with van der Waals surface area (Å²) in [6.07, 6.45) is 0. The summed E-state index contributed by atoms with van der Waals surface area (Å²) in [7, 11) is 0.